The summed E-state index contributed by atoms with van der Waals surface area (Å²) in [6.45, 7) is 12.6. The Morgan fingerprint density at radius 3 is 2.39 bits per heavy atom. The van der Waals surface area contributed by atoms with Crippen LogP contribution in [0.25, 0.3) is 0 Å². The monoisotopic (exact) mass is 408 g/mol. The molecule has 0 spiro atoms. The van der Waals surface area contributed by atoms with Crippen molar-refractivity contribution in [2.24, 2.45) is 0 Å². The summed E-state index contributed by atoms with van der Waals surface area (Å²) in [6.07, 6.45) is 4.23. The molecule has 2 N–H and O–H groups in total. The third-order valence-electron chi connectivity index (χ3n) is 5.53. The molecule has 9 heteroatoms. The summed E-state index contributed by atoms with van der Waals surface area (Å²) < 4.78 is 19.9. The maximum Gasteiger partial charge on any atom is 0.349 e. The molecular formula is C19H28N2O6Si. The molecule has 2 saturated heterocycles. The van der Waals surface area contributed by atoms with Gasteiger partial charge in [0.15, 0.2) is 0 Å². The molecule has 2 aliphatic heterocycles. The lowest BCUT2D eigenvalue weighted by atomic mass is 10.0. The molecule has 1 aromatic rings. The van der Waals surface area contributed by atoms with Gasteiger partial charge in [0, 0.05) is 22.3 Å². The highest BCUT2D eigenvalue weighted by atomic mass is 28.4. The lowest BCUT2D eigenvalue weighted by molar-refractivity contribution is -0.113. The number of aromatic nitrogens is 2. The van der Waals surface area contributed by atoms with Crippen molar-refractivity contribution in [3.8, 4) is 12.3 Å². The minimum atomic E-state index is -2.87. The Hall–Kier alpha value is -1.70. The van der Waals surface area contributed by atoms with E-state index in [0.717, 1.165) is 10.6 Å². The van der Waals surface area contributed by atoms with Gasteiger partial charge in [0.05, 0.1) is 6.61 Å². The number of aliphatic hydroxyl groups is 1. The normalized spacial score (nSPS) is 32.6. The molecule has 154 valence electrons. The Balaban J connectivity index is 2.08. The van der Waals surface area contributed by atoms with Crippen molar-refractivity contribution < 1.29 is 18.7 Å². The molecule has 2 fully saturated rings. The molecule has 1 aromatic heterocycles. The second-order valence-corrected chi connectivity index (χ2v) is 14.2. The van der Waals surface area contributed by atoms with Crippen molar-refractivity contribution in [2.45, 2.75) is 75.7 Å². The number of nitrogens with one attached hydrogen (secondary N) is 1. The molecule has 28 heavy (non-hydrogen) atoms. The number of aliphatic hydroxyl groups excluding tert-OH is 1. The molecule has 0 radical (unpaired) electrons. The molecule has 0 unspecified atom stereocenters. The molecular weight excluding hydrogens is 380 g/mol. The summed E-state index contributed by atoms with van der Waals surface area (Å²) in [7, 11) is -2.87. The van der Waals surface area contributed by atoms with Gasteiger partial charge in [0.1, 0.15) is 18.3 Å². The van der Waals surface area contributed by atoms with Crippen LogP contribution in [0, 0.1) is 12.3 Å². The van der Waals surface area contributed by atoms with Crippen LogP contribution in [0.3, 0.4) is 0 Å². The van der Waals surface area contributed by atoms with Crippen LogP contribution in [0.2, 0.25) is 10.1 Å². The SMILES string of the molecule is C#C[C@@]1(n2ccc(=O)[nH]c2=O)O[C@@H]2CO[Si](C(C)(C)C)(C(C)(C)C)O[C@H]2[C@H]1O. The highest BCUT2D eigenvalue weighted by molar-refractivity contribution is 6.73. The summed E-state index contributed by atoms with van der Waals surface area (Å²) in [5.41, 5.74) is -3.12. The Morgan fingerprint density at radius 2 is 1.89 bits per heavy atom. The molecule has 0 amide bonds. The molecule has 8 nitrogen and oxygen atoms in total. The summed E-state index contributed by atoms with van der Waals surface area (Å²) in [4.78, 5) is 25.9. The minimum absolute atomic E-state index is 0.198. The van der Waals surface area contributed by atoms with Gasteiger partial charge in [-0.05, 0) is 5.92 Å². The van der Waals surface area contributed by atoms with Gasteiger partial charge in [0.2, 0.25) is 5.72 Å². The van der Waals surface area contributed by atoms with E-state index in [4.69, 9.17) is 20.0 Å². The van der Waals surface area contributed by atoms with Gasteiger partial charge in [-0.1, -0.05) is 41.5 Å². The maximum absolute atomic E-state index is 12.3. The zero-order chi connectivity index (χ0) is 21.1. The molecule has 0 saturated carbocycles. The Morgan fingerprint density at radius 1 is 1.29 bits per heavy atom. The minimum Gasteiger partial charge on any atom is -0.391 e. The van der Waals surface area contributed by atoms with Crippen LogP contribution in [0.1, 0.15) is 41.5 Å². The fourth-order valence-corrected chi connectivity index (χ4v) is 9.42. The number of hydrogen-bond acceptors (Lipinski definition) is 6. The highest BCUT2D eigenvalue weighted by Crippen LogP contribution is 2.56. The van der Waals surface area contributed by atoms with E-state index < -0.39 is 43.8 Å². The van der Waals surface area contributed by atoms with E-state index in [1.165, 1.54) is 6.20 Å². The van der Waals surface area contributed by atoms with Crippen molar-refractivity contribution in [1.82, 2.24) is 9.55 Å². The molecule has 0 aromatic carbocycles. The van der Waals surface area contributed by atoms with E-state index in [1.807, 2.05) is 0 Å². The van der Waals surface area contributed by atoms with E-state index >= 15 is 0 Å². The number of rotatable bonds is 1. The van der Waals surface area contributed by atoms with Crippen molar-refractivity contribution in [2.75, 3.05) is 6.61 Å². The first kappa shape index (κ1) is 21.0. The summed E-state index contributed by atoms with van der Waals surface area (Å²) in [5, 5.41) is 10.6. The fraction of sp³-hybridized carbons (Fsp3) is 0.684. The van der Waals surface area contributed by atoms with Gasteiger partial charge < -0.3 is 18.7 Å². The zero-order valence-electron chi connectivity index (χ0n) is 17.1. The lowest BCUT2D eigenvalue weighted by Crippen LogP contribution is -2.65. The van der Waals surface area contributed by atoms with Crippen LogP contribution in [0.5, 0.6) is 0 Å². The standard InChI is InChI=1S/C19H28N2O6Si/c1-8-19(21-10-9-13(22)20-16(21)24)15(23)14-12(26-19)11-25-28(27-14,17(2,3)4)18(5,6)7/h1,9-10,12,14-15,23H,11H2,2-7H3,(H,20,22,24)/t12-,14-,15-,19-/m1/s1. The third-order valence-corrected chi connectivity index (χ3v) is 10.7. The molecule has 0 bridgehead atoms. The van der Waals surface area contributed by atoms with Crippen LogP contribution < -0.4 is 11.2 Å². The smallest absolute Gasteiger partial charge is 0.349 e. The average molecular weight is 409 g/mol. The van der Waals surface area contributed by atoms with Crippen LogP contribution in [0.15, 0.2) is 21.9 Å². The van der Waals surface area contributed by atoms with Gasteiger partial charge in [-0.15, -0.1) is 6.42 Å². The number of ether oxygens (including phenoxy) is 1. The Bertz CT molecular complexity index is 904. The third kappa shape index (κ3) is 2.83. The number of terminal acetylenes is 1. The zero-order valence-corrected chi connectivity index (χ0v) is 18.1. The lowest BCUT2D eigenvalue weighted by Gasteiger charge is -2.53. The topological polar surface area (TPSA) is 103 Å². The second kappa shape index (κ2) is 6.40. The second-order valence-electron chi connectivity index (χ2n) is 9.43. The van der Waals surface area contributed by atoms with Gasteiger partial charge in [-0.3, -0.25) is 14.3 Å². The first-order chi connectivity index (χ1) is 12.8. The quantitative estimate of drug-likeness (QED) is 0.532. The molecule has 2 aliphatic rings. The number of hydrogen-bond donors (Lipinski definition) is 2. The summed E-state index contributed by atoms with van der Waals surface area (Å²) in [6, 6.07) is 1.15. The van der Waals surface area contributed by atoms with E-state index in [2.05, 4.69) is 52.4 Å². The fourth-order valence-electron chi connectivity index (χ4n) is 4.47. The van der Waals surface area contributed by atoms with Crippen LogP contribution in [0.4, 0.5) is 0 Å². The van der Waals surface area contributed by atoms with E-state index in [9.17, 15) is 14.7 Å². The predicted octanol–water partition coefficient (Wildman–Crippen LogP) is 1.04. The number of fused-ring (bicyclic) bond motifs is 1. The maximum atomic E-state index is 12.3. The van der Waals surface area contributed by atoms with E-state index in [0.29, 0.717) is 0 Å². The Kier molecular flexibility index (Phi) is 4.81. The Labute approximate surface area is 165 Å². The van der Waals surface area contributed by atoms with Crippen LogP contribution >= 0.6 is 0 Å². The van der Waals surface area contributed by atoms with E-state index in [-0.39, 0.29) is 16.7 Å². The largest absolute Gasteiger partial charge is 0.391 e. The van der Waals surface area contributed by atoms with Crippen molar-refractivity contribution in [3.05, 3.63) is 33.1 Å². The van der Waals surface area contributed by atoms with Gasteiger partial charge in [-0.25, -0.2) is 4.79 Å². The van der Waals surface area contributed by atoms with Gasteiger partial charge in [-0.2, -0.15) is 0 Å². The predicted molar refractivity (Wildman–Crippen MR) is 105 cm³/mol. The molecule has 3 heterocycles. The number of nitrogens with zero attached hydrogens (tertiary/aromatic N) is 1. The van der Waals surface area contributed by atoms with Gasteiger partial charge >= 0.3 is 14.3 Å². The molecule has 3 rings (SSSR count). The summed E-state index contributed by atoms with van der Waals surface area (Å²) >= 11 is 0. The van der Waals surface area contributed by atoms with E-state index in [1.54, 1.807) is 0 Å². The molecule has 0 aliphatic carbocycles. The first-order valence-electron chi connectivity index (χ1n) is 9.27. The van der Waals surface area contributed by atoms with Crippen molar-refractivity contribution in [1.29, 1.82) is 0 Å². The highest BCUT2D eigenvalue weighted by Gasteiger charge is 2.67. The first-order valence-corrected chi connectivity index (χ1v) is 11.1. The van der Waals surface area contributed by atoms with Crippen molar-refractivity contribution in [3.63, 3.8) is 0 Å². The average Bonchev–Trinajstić information content (AvgIpc) is 2.85. The van der Waals surface area contributed by atoms with Crippen LogP contribution in [-0.2, 0) is 19.3 Å². The molecule has 4 atom stereocenters. The number of H-pyrrole nitrogens is 1. The van der Waals surface area contributed by atoms with Crippen LogP contribution in [-0.4, -0.2) is 48.1 Å². The van der Waals surface area contributed by atoms with Gasteiger partial charge in [0.25, 0.3) is 5.56 Å². The number of aromatic amines is 1. The summed E-state index contributed by atoms with van der Waals surface area (Å²) in [5.74, 6) is 2.41. The van der Waals surface area contributed by atoms with Crippen molar-refractivity contribution >= 4 is 8.56 Å².